The van der Waals surface area contributed by atoms with E-state index in [1.54, 1.807) is 60.7 Å². The lowest BCUT2D eigenvalue weighted by atomic mass is 9.94. The third-order valence-electron chi connectivity index (χ3n) is 14.3. The topological polar surface area (TPSA) is 153 Å². The van der Waals surface area contributed by atoms with Crippen molar-refractivity contribution in [3.63, 3.8) is 0 Å². The van der Waals surface area contributed by atoms with Gasteiger partial charge >= 0.3 is 6.18 Å². The average Bonchev–Trinajstić information content (AvgIpc) is 4.19. The molecule has 0 saturated heterocycles. The molecule has 2 heterocycles. The summed E-state index contributed by atoms with van der Waals surface area (Å²) in [6, 6.07) is 72.3. The van der Waals surface area contributed by atoms with E-state index in [9.17, 15) is 31.6 Å². The van der Waals surface area contributed by atoms with Gasteiger partial charge in [-0.3, -0.25) is 0 Å². The van der Waals surface area contributed by atoms with Gasteiger partial charge in [-0.1, -0.05) is 72.8 Å². The Balaban J connectivity index is 1.21. The summed E-state index contributed by atoms with van der Waals surface area (Å²) in [6.07, 6.45) is -4.85. The molecule has 2 aromatic heterocycles. The van der Waals surface area contributed by atoms with Gasteiger partial charge in [-0.25, -0.2) is 0 Å². The second-order valence-corrected chi connectivity index (χ2v) is 18.8. The van der Waals surface area contributed by atoms with Crippen molar-refractivity contribution >= 4 is 43.6 Å². The molecule has 12 aromatic rings. The summed E-state index contributed by atoms with van der Waals surface area (Å²) in [7, 11) is 0. The summed E-state index contributed by atoms with van der Waals surface area (Å²) in [5.41, 5.74) is 11.4. The second kappa shape index (κ2) is 18.8. The Bertz CT molecular complexity index is 4260. The normalized spacial score (nSPS) is 11.2. The molecule has 10 aromatic carbocycles. The highest BCUT2D eigenvalue weighted by atomic mass is 19.4. The molecule has 0 aliphatic rings. The summed E-state index contributed by atoms with van der Waals surface area (Å²) in [5, 5.41) is 63.0. The van der Waals surface area contributed by atoms with E-state index in [-0.39, 0.29) is 16.7 Å². The molecule has 12 rings (SSSR count). The van der Waals surface area contributed by atoms with Crippen LogP contribution >= 0.6 is 0 Å². The molecular formula is C67H33F3N8. The fourth-order valence-electron chi connectivity index (χ4n) is 10.6. The van der Waals surface area contributed by atoms with E-state index in [2.05, 4.69) is 30.3 Å². The first-order valence-corrected chi connectivity index (χ1v) is 24.4. The number of nitriles is 6. The molecule has 0 aliphatic heterocycles. The van der Waals surface area contributed by atoms with Crippen molar-refractivity contribution in [2.75, 3.05) is 0 Å². The zero-order valence-corrected chi connectivity index (χ0v) is 40.8. The van der Waals surface area contributed by atoms with Gasteiger partial charge in [-0.15, -0.1) is 0 Å². The molecule has 0 bridgehead atoms. The van der Waals surface area contributed by atoms with Crippen LogP contribution in [0.4, 0.5) is 13.2 Å². The predicted octanol–water partition coefficient (Wildman–Crippen LogP) is 16.5. The first-order chi connectivity index (χ1) is 38.0. The van der Waals surface area contributed by atoms with Crippen molar-refractivity contribution in [1.29, 1.82) is 31.6 Å². The highest BCUT2D eigenvalue weighted by Crippen LogP contribution is 2.46. The van der Waals surface area contributed by atoms with Gasteiger partial charge < -0.3 is 9.13 Å². The maximum atomic E-state index is 15.2. The number of benzene rings is 10. The van der Waals surface area contributed by atoms with Crippen LogP contribution in [0.2, 0.25) is 0 Å². The lowest BCUT2D eigenvalue weighted by Crippen LogP contribution is -2.08. The number of aromatic nitrogens is 2. The van der Waals surface area contributed by atoms with Crippen LogP contribution in [0, 0.1) is 68.0 Å². The molecule has 0 fully saturated rings. The van der Waals surface area contributed by atoms with Gasteiger partial charge in [0.25, 0.3) is 0 Å². The Morgan fingerprint density at radius 2 is 0.538 bits per heavy atom. The standard InChI is InChI=1S/C67H33F3N8/c68-67(69,70)55-26-44(38-75)25-54(29-55)66-64(77-60-21-17-50(46-9-1-40(34-71)2-10-46)30-56(60)57-31-51(18-22-61(57)77)47-11-3-41(35-72)4-12-47)27-45(39-76)28-65(66)78-62-23-19-52(48-13-5-42(36-73)6-14-48)32-58(62)59-33-53(20-24-63(59)78)49-15-7-43(37-74)8-16-49/h1-33H. The second-order valence-electron chi connectivity index (χ2n) is 18.8. The Labute approximate surface area is 444 Å². The largest absolute Gasteiger partial charge is 0.416 e. The number of rotatable bonds is 7. The van der Waals surface area contributed by atoms with Gasteiger partial charge in [0.2, 0.25) is 0 Å². The molecule has 0 N–H and O–H groups in total. The summed E-state index contributed by atoms with van der Waals surface area (Å²) in [6.45, 7) is 0. The molecule has 0 radical (unpaired) electrons. The lowest BCUT2D eigenvalue weighted by Gasteiger charge is -2.22. The smallest absolute Gasteiger partial charge is 0.308 e. The number of hydrogen-bond acceptors (Lipinski definition) is 6. The molecule has 362 valence electrons. The molecule has 78 heavy (non-hydrogen) atoms. The fraction of sp³-hybridized carbons (Fsp3) is 0.0149. The first-order valence-electron chi connectivity index (χ1n) is 24.4. The number of fused-ring (bicyclic) bond motifs is 6. The minimum Gasteiger partial charge on any atom is -0.308 e. The Hall–Kier alpha value is -11.5. The zero-order valence-electron chi connectivity index (χ0n) is 40.8. The van der Waals surface area contributed by atoms with Gasteiger partial charge in [0.15, 0.2) is 0 Å². The van der Waals surface area contributed by atoms with Crippen LogP contribution in [0.5, 0.6) is 0 Å². The van der Waals surface area contributed by atoms with Gasteiger partial charge in [-0.2, -0.15) is 44.7 Å². The number of nitrogens with zero attached hydrogens (tertiary/aromatic N) is 8. The average molecular weight is 1010 g/mol. The van der Waals surface area contributed by atoms with Gasteiger partial charge in [-0.05, 0) is 177 Å². The molecule has 0 atom stereocenters. The lowest BCUT2D eigenvalue weighted by molar-refractivity contribution is -0.137. The van der Waals surface area contributed by atoms with Crippen LogP contribution in [-0.2, 0) is 6.18 Å². The van der Waals surface area contributed by atoms with E-state index in [1.165, 1.54) is 6.07 Å². The maximum absolute atomic E-state index is 15.2. The van der Waals surface area contributed by atoms with E-state index >= 15 is 13.2 Å². The van der Waals surface area contributed by atoms with Gasteiger partial charge in [0.05, 0.1) is 109 Å². The van der Waals surface area contributed by atoms with E-state index in [0.717, 1.165) is 78.2 Å². The SMILES string of the molecule is N#Cc1ccc(-c2ccc3c(c2)c2cc(-c4ccc(C#N)cc4)ccc2n3-c2cc(C#N)cc(-n3c4ccc(-c5ccc(C#N)cc5)cc4c4cc(-c5ccc(C#N)cc5)ccc43)c2-c2cc(C#N)cc(C(F)(F)F)c2)cc1. The zero-order chi connectivity index (χ0) is 53.8. The Morgan fingerprint density at radius 1 is 0.269 bits per heavy atom. The molecule has 0 aliphatic carbocycles. The third kappa shape index (κ3) is 8.17. The highest BCUT2D eigenvalue weighted by Gasteiger charge is 2.33. The maximum Gasteiger partial charge on any atom is 0.416 e. The highest BCUT2D eigenvalue weighted by molar-refractivity contribution is 6.14. The van der Waals surface area contributed by atoms with Crippen molar-refractivity contribution in [2.45, 2.75) is 6.18 Å². The molecule has 0 unspecified atom stereocenters. The van der Waals surface area contributed by atoms with Gasteiger partial charge in [0.1, 0.15) is 0 Å². The van der Waals surface area contributed by atoms with Crippen LogP contribution in [0.1, 0.15) is 38.9 Å². The van der Waals surface area contributed by atoms with Crippen molar-refractivity contribution < 1.29 is 13.2 Å². The van der Waals surface area contributed by atoms with E-state index < -0.39 is 11.7 Å². The summed E-state index contributed by atoms with van der Waals surface area (Å²) < 4.78 is 49.4. The summed E-state index contributed by atoms with van der Waals surface area (Å²) >= 11 is 0. The fourth-order valence-corrected chi connectivity index (χ4v) is 10.6. The quantitative estimate of drug-likeness (QED) is 0.155. The van der Waals surface area contributed by atoms with E-state index in [0.29, 0.717) is 61.3 Å². The summed E-state index contributed by atoms with van der Waals surface area (Å²) in [4.78, 5) is 0. The number of alkyl halides is 3. The monoisotopic (exact) mass is 1010 g/mol. The minimum atomic E-state index is -4.85. The van der Waals surface area contributed by atoms with E-state index in [1.807, 2.05) is 137 Å². The summed E-state index contributed by atoms with van der Waals surface area (Å²) in [5.74, 6) is 0. The van der Waals surface area contributed by atoms with Crippen molar-refractivity contribution in [3.05, 3.63) is 239 Å². The van der Waals surface area contributed by atoms with Crippen LogP contribution in [0.15, 0.2) is 200 Å². The molecule has 0 spiro atoms. The predicted molar refractivity (Wildman–Crippen MR) is 296 cm³/mol. The van der Waals surface area contributed by atoms with Crippen LogP contribution < -0.4 is 0 Å². The first kappa shape index (κ1) is 47.5. The molecule has 11 heteroatoms. The third-order valence-corrected chi connectivity index (χ3v) is 14.3. The molecular weight excluding hydrogens is 974 g/mol. The van der Waals surface area contributed by atoms with Crippen LogP contribution in [-0.4, -0.2) is 9.13 Å². The molecule has 0 saturated carbocycles. The number of hydrogen-bond donors (Lipinski definition) is 0. The van der Waals surface area contributed by atoms with Crippen molar-refractivity contribution in [3.8, 4) is 103 Å². The van der Waals surface area contributed by atoms with Crippen LogP contribution in [0.3, 0.4) is 0 Å². The minimum absolute atomic E-state index is 0.0766. The van der Waals surface area contributed by atoms with Crippen molar-refractivity contribution in [2.24, 2.45) is 0 Å². The Morgan fingerprint density at radius 3 is 0.808 bits per heavy atom. The van der Waals surface area contributed by atoms with Gasteiger partial charge in [0, 0.05) is 27.1 Å². The molecule has 8 nitrogen and oxygen atoms in total. The Kier molecular flexibility index (Phi) is 11.4. The van der Waals surface area contributed by atoms with Crippen LogP contribution in [0.25, 0.3) is 111 Å². The number of halogens is 3. The molecule has 0 amide bonds. The van der Waals surface area contributed by atoms with Crippen molar-refractivity contribution in [1.82, 2.24) is 9.13 Å². The van der Waals surface area contributed by atoms with E-state index in [4.69, 9.17) is 0 Å².